The first-order chi connectivity index (χ1) is 22.7. The molecule has 0 aromatic heterocycles. The molecule has 8 heteroatoms. The van der Waals surface area contributed by atoms with Gasteiger partial charge in [-0.15, -0.1) is 0 Å². The highest BCUT2D eigenvalue weighted by Gasteiger charge is 2.27. The van der Waals surface area contributed by atoms with Crippen LogP contribution >= 0.6 is 0 Å². The largest absolute Gasteiger partial charge is 0.387 e. The number of allylic oxidation sites excluding steroid dienone is 7. The Morgan fingerprint density at radius 1 is 0.596 bits per heavy atom. The summed E-state index contributed by atoms with van der Waals surface area (Å²) in [7, 11) is -4.45. The van der Waals surface area contributed by atoms with Crippen molar-refractivity contribution in [3.05, 3.63) is 48.6 Å². The summed E-state index contributed by atoms with van der Waals surface area (Å²) >= 11 is 0. The zero-order chi connectivity index (χ0) is 34.9. The van der Waals surface area contributed by atoms with Gasteiger partial charge in [0.2, 0.25) is 5.91 Å². The minimum Gasteiger partial charge on any atom is -0.387 e. The number of amides is 1. The molecular weight excluding hydrogens is 610 g/mol. The van der Waals surface area contributed by atoms with E-state index in [1.165, 1.54) is 83.1 Å². The summed E-state index contributed by atoms with van der Waals surface area (Å²) < 4.78 is 32.4. The third-order valence-electron chi connectivity index (χ3n) is 8.34. The Morgan fingerprint density at radius 2 is 1.02 bits per heavy atom. The average Bonchev–Trinajstić information content (AvgIpc) is 3.03. The van der Waals surface area contributed by atoms with E-state index in [0.29, 0.717) is 12.8 Å². The minimum absolute atomic E-state index is 0.260. The van der Waals surface area contributed by atoms with E-state index in [9.17, 15) is 28.0 Å². The van der Waals surface area contributed by atoms with Gasteiger partial charge in [-0.25, -0.2) is 0 Å². The molecule has 0 aromatic rings. The molecule has 47 heavy (non-hydrogen) atoms. The summed E-state index contributed by atoms with van der Waals surface area (Å²) in [6.07, 6.45) is 40.2. The molecule has 0 spiro atoms. The third kappa shape index (κ3) is 32.6. The quantitative estimate of drug-likeness (QED) is 0.0311. The molecule has 0 radical (unpaired) electrons. The number of hydrogen-bond donors (Lipinski definition) is 4. The summed E-state index contributed by atoms with van der Waals surface area (Å²) in [4.78, 5) is 12.5. The zero-order valence-electron chi connectivity index (χ0n) is 30.0. The van der Waals surface area contributed by atoms with Gasteiger partial charge in [-0.05, 0) is 64.2 Å². The maximum Gasteiger partial charge on any atom is 0.267 e. The van der Waals surface area contributed by atoms with Gasteiger partial charge in [0.15, 0.2) is 0 Å². The van der Waals surface area contributed by atoms with Gasteiger partial charge in [-0.1, -0.05) is 152 Å². The Bertz CT molecular complexity index is 943. The Labute approximate surface area is 289 Å². The molecule has 0 saturated carbocycles. The van der Waals surface area contributed by atoms with Crippen molar-refractivity contribution in [1.29, 1.82) is 0 Å². The van der Waals surface area contributed by atoms with Crippen molar-refractivity contribution in [2.45, 2.75) is 186 Å². The minimum atomic E-state index is -4.45. The molecule has 0 aliphatic heterocycles. The van der Waals surface area contributed by atoms with Crippen LogP contribution in [0.5, 0.6) is 0 Å². The van der Waals surface area contributed by atoms with E-state index in [1.807, 2.05) is 0 Å². The average molecular weight is 682 g/mol. The predicted molar refractivity (Wildman–Crippen MR) is 199 cm³/mol. The molecule has 274 valence electrons. The number of aliphatic hydroxyl groups excluding tert-OH is 2. The highest BCUT2D eigenvalue weighted by Crippen LogP contribution is 2.12. The first-order valence-corrected chi connectivity index (χ1v) is 20.6. The number of hydrogen-bond acceptors (Lipinski definition) is 5. The molecule has 0 aliphatic carbocycles. The standard InChI is InChI=1S/C39H71NO6S/c1-3-5-7-9-11-13-15-17-19-20-22-24-26-28-30-32-34-38(42)39(43)40-36(35-47(44,45)46)37(41)33-31-29-27-25-23-21-18-16-14-12-10-8-6-4-2/h11,13,17,19,23,25,31,33,36-38,41-42H,3-10,12,14-16,18,20-22,24,26-30,32,34-35H2,1-2H3,(H,40,43)(H,44,45,46)/b13-11-,19-17-,25-23+,33-31+. The highest BCUT2D eigenvalue weighted by molar-refractivity contribution is 7.85. The van der Waals surface area contributed by atoms with Crippen molar-refractivity contribution in [3.63, 3.8) is 0 Å². The van der Waals surface area contributed by atoms with E-state index >= 15 is 0 Å². The van der Waals surface area contributed by atoms with Crippen molar-refractivity contribution in [2.24, 2.45) is 0 Å². The molecule has 3 atom stereocenters. The molecule has 7 nitrogen and oxygen atoms in total. The predicted octanol–water partition coefficient (Wildman–Crippen LogP) is 9.71. The molecule has 1 amide bonds. The van der Waals surface area contributed by atoms with Crippen molar-refractivity contribution < 1.29 is 28.0 Å². The SMILES string of the molecule is CCCCC/C=C\C/C=C\CCCCCCCCC(O)C(=O)NC(CS(=O)(=O)O)C(O)/C=C/CC/C=C/CCCCCCCCCC. The molecule has 4 N–H and O–H groups in total. The van der Waals surface area contributed by atoms with Crippen LogP contribution in [0.1, 0.15) is 168 Å². The Kier molecular flexibility index (Phi) is 31.6. The van der Waals surface area contributed by atoms with Crippen LogP contribution in [0.25, 0.3) is 0 Å². The summed E-state index contributed by atoms with van der Waals surface area (Å²) in [5.41, 5.74) is 0. The summed E-state index contributed by atoms with van der Waals surface area (Å²) in [6.45, 7) is 4.46. The lowest BCUT2D eigenvalue weighted by molar-refractivity contribution is -0.130. The molecule has 0 heterocycles. The first-order valence-electron chi connectivity index (χ1n) is 18.9. The lowest BCUT2D eigenvalue weighted by Gasteiger charge is -2.22. The van der Waals surface area contributed by atoms with Crippen molar-refractivity contribution in [2.75, 3.05) is 5.75 Å². The summed E-state index contributed by atoms with van der Waals surface area (Å²) in [5.74, 6) is -1.57. The van der Waals surface area contributed by atoms with Gasteiger partial charge in [0.05, 0.1) is 17.9 Å². The molecule has 0 aromatic carbocycles. The fourth-order valence-electron chi connectivity index (χ4n) is 5.38. The first kappa shape index (κ1) is 45.3. The van der Waals surface area contributed by atoms with Crippen molar-refractivity contribution in [3.8, 4) is 0 Å². The number of rotatable bonds is 33. The molecule has 0 aliphatic rings. The van der Waals surface area contributed by atoms with Gasteiger partial charge in [0, 0.05) is 0 Å². The molecule has 0 fully saturated rings. The van der Waals surface area contributed by atoms with Gasteiger partial charge in [0.25, 0.3) is 10.1 Å². The fraction of sp³-hybridized carbons (Fsp3) is 0.769. The van der Waals surface area contributed by atoms with Crippen LogP contribution in [0.2, 0.25) is 0 Å². The van der Waals surface area contributed by atoms with Crippen LogP contribution in [-0.2, 0) is 14.9 Å². The van der Waals surface area contributed by atoms with Gasteiger partial charge < -0.3 is 15.5 Å². The summed E-state index contributed by atoms with van der Waals surface area (Å²) in [6, 6.07) is -1.25. The Morgan fingerprint density at radius 3 is 1.57 bits per heavy atom. The smallest absolute Gasteiger partial charge is 0.267 e. The van der Waals surface area contributed by atoms with E-state index in [4.69, 9.17) is 0 Å². The van der Waals surface area contributed by atoms with E-state index in [2.05, 4.69) is 55.6 Å². The number of carbonyl (C=O) groups is 1. The van der Waals surface area contributed by atoms with Gasteiger partial charge in [-0.2, -0.15) is 8.42 Å². The second kappa shape index (κ2) is 32.8. The van der Waals surface area contributed by atoms with Gasteiger partial charge >= 0.3 is 0 Å². The molecule has 3 unspecified atom stereocenters. The van der Waals surface area contributed by atoms with Crippen molar-refractivity contribution in [1.82, 2.24) is 5.32 Å². The Hall–Kier alpha value is -1.74. The maximum atomic E-state index is 12.5. The normalized spacial score (nSPS) is 14.6. The van der Waals surface area contributed by atoms with Crippen LogP contribution in [0.4, 0.5) is 0 Å². The second-order valence-electron chi connectivity index (χ2n) is 13.0. The topological polar surface area (TPSA) is 124 Å². The monoisotopic (exact) mass is 682 g/mol. The van der Waals surface area contributed by atoms with Crippen LogP contribution < -0.4 is 5.32 Å². The molecule has 0 saturated heterocycles. The zero-order valence-corrected chi connectivity index (χ0v) is 30.8. The summed E-state index contributed by atoms with van der Waals surface area (Å²) in [5, 5.41) is 23.3. The van der Waals surface area contributed by atoms with Crippen LogP contribution in [0.3, 0.4) is 0 Å². The molecular formula is C39H71NO6S. The van der Waals surface area contributed by atoms with Gasteiger partial charge in [0.1, 0.15) is 6.10 Å². The maximum absolute atomic E-state index is 12.5. The van der Waals surface area contributed by atoms with Crippen LogP contribution in [-0.4, -0.2) is 53.1 Å². The van der Waals surface area contributed by atoms with Crippen LogP contribution in [0.15, 0.2) is 48.6 Å². The number of nitrogens with one attached hydrogen (secondary N) is 1. The van der Waals surface area contributed by atoms with E-state index in [1.54, 1.807) is 6.08 Å². The number of aliphatic hydroxyl groups is 2. The fourth-order valence-corrected chi connectivity index (χ4v) is 6.12. The highest BCUT2D eigenvalue weighted by atomic mass is 32.2. The third-order valence-corrected chi connectivity index (χ3v) is 9.12. The second-order valence-corrected chi connectivity index (χ2v) is 14.5. The molecule has 0 bridgehead atoms. The Balaban J connectivity index is 4.18. The molecule has 0 rings (SSSR count). The van der Waals surface area contributed by atoms with E-state index < -0.39 is 40.0 Å². The van der Waals surface area contributed by atoms with Crippen LogP contribution in [0, 0.1) is 0 Å². The van der Waals surface area contributed by atoms with Gasteiger partial charge in [-0.3, -0.25) is 9.35 Å². The van der Waals surface area contributed by atoms with E-state index in [-0.39, 0.29) is 6.42 Å². The van der Waals surface area contributed by atoms with Crippen molar-refractivity contribution >= 4 is 16.0 Å². The number of carbonyl (C=O) groups excluding carboxylic acids is 1. The van der Waals surface area contributed by atoms with E-state index in [0.717, 1.165) is 57.8 Å². The number of unbranched alkanes of at least 4 members (excludes halogenated alkanes) is 18. The lowest BCUT2D eigenvalue weighted by Crippen LogP contribution is -2.50. The lowest BCUT2D eigenvalue weighted by atomic mass is 10.0.